The predicted molar refractivity (Wildman–Crippen MR) is 102 cm³/mol. The van der Waals surface area contributed by atoms with E-state index in [1.807, 2.05) is 23.1 Å². The highest BCUT2D eigenvalue weighted by molar-refractivity contribution is 5.82. The van der Waals surface area contributed by atoms with Crippen LogP contribution in [0.15, 0.2) is 51.9 Å². The van der Waals surface area contributed by atoms with Crippen molar-refractivity contribution in [1.29, 1.82) is 0 Å². The van der Waals surface area contributed by atoms with Crippen molar-refractivity contribution >= 4 is 22.7 Å². The summed E-state index contributed by atoms with van der Waals surface area (Å²) in [4.78, 5) is 34.6. The number of hydrogen-bond donors (Lipinski definition) is 2. The number of benzene rings is 1. The maximum atomic E-state index is 12.7. The number of H-pyrrole nitrogens is 1. The van der Waals surface area contributed by atoms with E-state index in [0.717, 1.165) is 24.3 Å². The van der Waals surface area contributed by atoms with Crippen LogP contribution in [0.2, 0.25) is 0 Å². The van der Waals surface area contributed by atoms with Crippen LogP contribution in [0.4, 0.5) is 5.69 Å². The highest BCUT2D eigenvalue weighted by Crippen LogP contribution is 2.17. The third-order valence-corrected chi connectivity index (χ3v) is 4.88. The lowest BCUT2D eigenvalue weighted by Crippen LogP contribution is -2.53. The summed E-state index contributed by atoms with van der Waals surface area (Å²) in [7, 11) is 0. The SMILES string of the molecule is NC(Cc1ccc2[nH]c(=O)oc2c1)C(=O)N1CCN(c2ccncc2)CC1. The maximum Gasteiger partial charge on any atom is 0.417 e. The number of pyridine rings is 1. The molecule has 1 unspecified atom stereocenters. The van der Waals surface area contributed by atoms with Crippen LogP contribution in [0.3, 0.4) is 0 Å². The van der Waals surface area contributed by atoms with Gasteiger partial charge in [0, 0.05) is 44.3 Å². The van der Waals surface area contributed by atoms with Crippen LogP contribution < -0.4 is 16.4 Å². The minimum absolute atomic E-state index is 0.0556. The maximum absolute atomic E-state index is 12.7. The molecule has 140 valence electrons. The lowest BCUT2D eigenvalue weighted by molar-refractivity contribution is -0.132. The fourth-order valence-corrected chi connectivity index (χ4v) is 3.43. The number of piperazine rings is 1. The molecule has 0 spiro atoms. The third kappa shape index (κ3) is 3.70. The zero-order valence-electron chi connectivity index (χ0n) is 14.8. The van der Waals surface area contributed by atoms with Crippen molar-refractivity contribution in [3.05, 3.63) is 58.8 Å². The van der Waals surface area contributed by atoms with E-state index in [1.54, 1.807) is 24.5 Å². The van der Waals surface area contributed by atoms with E-state index in [9.17, 15) is 9.59 Å². The average molecular weight is 367 g/mol. The lowest BCUT2D eigenvalue weighted by Gasteiger charge is -2.37. The number of amides is 1. The smallest absolute Gasteiger partial charge is 0.408 e. The van der Waals surface area contributed by atoms with Crippen molar-refractivity contribution < 1.29 is 9.21 Å². The number of nitrogens with two attached hydrogens (primary N) is 1. The summed E-state index contributed by atoms with van der Waals surface area (Å²) < 4.78 is 5.06. The van der Waals surface area contributed by atoms with Crippen LogP contribution in [0.1, 0.15) is 5.56 Å². The molecule has 27 heavy (non-hydrogen) atoms. The molecule has 1 fully saturated rings. The van der Waals surface area contributed by atoms with Crippen LogP contribution >= 0.6 is 0 Å². The van der Waals surface area contributed by atoms with Gasteiger partial charge >= 0.3 is 5.76 Å². The fourth-order valence-electron chi connectivity index (χ4n) is 3.43. The number of carbonyl (C=O) groups is 1. The molecule has 3 heterocycles. The second-order valence-corrected chi connectivity index (χ2v) is 6.67. The Morgan fingerprint density at radius 2 is 1.93 bits per heavy atom. The quantitative estimate of drug-likeness (QED) is 0.704. The van der Waals surface area contributed by atoms with E-state index in [0.29, 0.717) is 30.6 Å². The van der Waals surface area contributed by atoms with Gasteiger partial charge in [-0.15, -0.1) is 0 Å². The summed E-state index contributed by atoms with van der Waals surface area (Å²) in [5.41, 5.74) is 9.25. The molecule has 8 nitrogen and oxygen atoms in total. The fraction of sp³-hybridized carbons (Fsp3) is 0.316. The largest absolute Gasteiger partial charge is 0.417 e. The van der Waals surface area contributed by atoms with Gasteiger partial charge in [0.05, 0.1) is 11.6 Å². The molecule has 4 rings (SSSR count). The minimum atomic E-state index is -0.624. The summed E-state index contributed by atoms with van der Waals surface area (Å²) in [6.45, 7) is 2.81. The molecule has 0 radical (unpaired) electrons. The summed E-state index contributed by atoms with van der Waals surface area (Å²) in [5, 5.41) is 0. The molecule has 1 amide bonds. The topological polar surface area (TPSA) is 108 Å². The Bertz CT molecular complexity index is 989. The van der Waals surface area contributed by atoms with Crippen molar-refractivity contribution in [1.82, 2.24) is 14.9 Å². The number of anilines is 1. The van der Waals surface area contributed by atoms with E-state index in [-0.39, 0.29) is 5.91 Å². The summed E-state index contributed by atoms with van der Waals surface area (Å²) in [5.74, 6) is -0.547. The number of fused-ring (bicyclic) bond motifs is 1. The Labute approximate surface area is 155 Å². The van der Waals surface area contributed by atoms with E-state index in [1.165, 1.54) is 0 Å². The number of nitrogens with one attached hydrogen (secondary N) is 1. The molecular weight excluding hydrogens is 346 g/mol. The van der Waals surface area contributed by atoms with Gasteiger partial charge in [0.15, 0.2) is 5.58 Å². The summed E-state index contributed by atoms with van der Waals surface area (Å²) in [6, 6.07) is 8.68. The standard InChI is InChI=1S/C19H21N5O3/c20-15(11-13-1-2-16-17(12-13)27-19(26)22-16)18(25)24-9-7-23(8-10-24)14-3-5-21-6-4-14/h1-6,12,15H,7-11,20H2,(H,22,26). The van der Waals surface area contributed by atoms with Gasteiger partial charge in [-0.2, -0.15) is 0 Å². The number of hydrogen-bond acceptors (Lipinski definition) is 6. The van der Waals surface area contributed by atoms with Crippen molar-refractivity contribution in [2.75, 3.05) is 31.1 Å². The zero-order valence-corrected chi connectivity index (χ0v) is 14.8. The van der Waals surface area contributed by atoms with Crippen molar-refractivity contribution in [2.24, 2.45) is 5.73 Å². The molecular formula is C19H21N5O3. The molecule has 2 aromatic heterocycles. The Balaban J connectivity index is 1.37. The lowest BCUT2D eigenvalue weighted by atomic mass is 10.0. The monoisotopic (exact) mass is 367 g/mol. The highest BCUT2D eigenvalue weighted by atomic mass is 16.4. The second kappa shape index (κ2) is 7.24. The molecule has 1 atom stereocenters. The Morgan fingerprint density at radius 1 is 1.19 bits per heavy atom. The number of nitrogens with zero attached hydrogens (tertiary/aromatic N) is 3. The van der Waals surface area contributed by atoms with Gasteiger partial charge in [-0.3, -0.25) is 14.8 Å². The van der Waals surface area contributed by atoms with Crippen LogP contribution in [0.25, 0.3) is 11.1 Å². The van der Waals surface area contributed by atoms with Crippen LogP contribution in [-0.4, -0.2) is 53.0 Å². The molecule has 1 aromatic carbocycles. The first-order valence-corrected chi connectivity index (χ1v) is 8.91. The van der Waals surface area contributed by atoms with Gasteiger partial charge in [0.2, 0.25) is 5.91 Å². The Hall–Kier alpha value is -3.13. The molecule has 0 aliphatic carbocycles. The van der Waals surface area contributed by atoms with Crippen molar-refractivity contribution in [3.63, 3.8) is 0 Å². The molecule has 1 aliphatic rings. The molecule has 1 aliphatic heterocycles. The van der Waals surface area contributed by atoms with E-state index >= 15 is 0 Å². The number of aromatic nitrogens is 2. The van der Waals surface area contributed by atoms with Gasteiger partial charge in [-0.25, -0.2) is 4.79 Å². The first-order valence-electron chi connectivity index (χ1n) is 8.91. The molecule has 3 aromatic rings. The molecule has 8 heteroatoms. The van der Waals surface area contributed by atoms with Gasteiger partial charge in [0.1, 0.15) is 0 Å². The van der Waals surface area contributed by atoms with E-state index in [4.69, 9.17) is 10.2 Å². The predicted octanol–water partition coefficient (Wildman–Crippen LogP) is 0.735. The number of rotatable bonds is 4. The van der Waals surface area contributed by atoms with Crippen molar-refractivity contribution in [2.45, 2.75) is 12.5 Å². The third-order valence-electron chi connectivity index (χ3n) is 4.88. The molecule has 0 bridgehead atoms. The summed E-state index contributed by atoms with van der Waals surface area (Å²) >= 11 is 0. The van der Waals surface area contributed by atoms with Gasteiger partial charge in [-0.05, 0) is 36.2 Å². The van der Waals surface area contributed by atoms with Gasteiger partial charge in [-0.1, -0.05) is 6.07 Å². The van der Waals surface area contributed by atoms with E-state index < -0.39 is 11.8 Å². The molecule has 1 saturated heterocycles. The van der Waals surface area contributed by atoms with E-state index in [2.05, 4.69) is 14.9 Å². The minimum Gasteiger partial charge on any atom is -0.408 e. The van der Waals surface area contributed by atoms with Crippen LogP contribution in [-0.2, 0) is 11.2 Å². The average Bonchev–Trinajstić information content (AvgIpc) is 3.07. The molecule has 3 N–H and O–H groups in total. The first kappa shape index (κ1) is 17.3. The summed E-state index contributed by atoms with van der Waals surface area (Å²) in [6.07, 6.45) is 3.94. The van der Waals surface area contributed by atoms with Crippen molar-refractivity contribution in [3.8, 4) is 0 Å². The number of aromatic amines is 1. The number of oxazole rings is 1. The highest BCUT2D eigenvalue weighted by Gasteiger charge is 2.25. The molecule has 0 saturated carbocycles. The zero-order chi connectivity index (χ0) is 18.8. The van der Waals surface area contributed by atoms with Crippen LogP contribution in [0, 0.1) is 0 Å². The van der Waals surface area contributed by atoms with Crippen LogP contribution in [0.5, 0.6) is 0 Å². The normalized spacial score (nSPS) is 15.9. The Kier molecular flexibility index (Phi) is 4.64. The Morgan fingerprint density at radius 3 is 2.67 bits per heavy atom. The second-order valence-electron chi connectivity index (χ2n) is 6.67. The number of carbonyl (C=O) groups excluding carboxylic acids is 1. The van der Waals surface area contributed by atoms with Gasteiger partial charge < -0.3 is 20.0 Å². The van der Waals surface area contributed by atoms with Gasteiger partial charge in [0.25, 0.3) is 0 Å². The first-order chi connectivity index (χ1) is 13.1.